The number of unbranched alkanes of at least 4 members (excludes halogenated alkanes) is 5. The molecule has 0 rings (SSSR count). The van der Waals surface area contributed by atoms with Crippen LogP contribution >= 0.6 is 11.6 Å². The molecule has 0 bridgehead atoms. The highest BCUT2D eigenvalue weighted by Gasteiger charge is 2.47. The Morgan fingerprint density at radius 3 is 1.56 bits per heavy atom. The van der Waals surface area contributed by atoms with Gasteiger partial charge in [-0.1, -0.05) is 73.1 Å². The Balaban J connectivity index is 4.30. The third kappa shape index (κ3) is 5.11. The van der Waals surface area contributed by atoms with E-state index in [1.165, 1.54) is 44.9 Å². The smallest absolute Gasteiger partial charge is 0.0449 e. The van der Waals surface area contributed by atoms with Crippen LogP contribution < -0.4 is 0 Å². The average Bonchev–Trinajstić information content (AvgIpc) is 2.19. The van der Waals surface area contributed by atoms with Gasteiger partial charge in [0.05, 0.1) is 0 Å². The third-order valence-corrected chi connectivity index (χ3v) is 5.41. The van der Waals surface area contributed by atoms with E-state index in [0.29, 0.717) is 0 Å². The predicted octanol–water partition coefficient (Wildman–Crippen LogP) is 6.81. The SMILES string of the molecule is CCCCCCCCC(C)(C(C)(C)C)C(C)(C)Cl. The molecule has 0 amide bonds. The fourth-order valence-corrected chi connectivity index (χ4v) is 3.20. The topological polar surface area (TPSA) is 0 Å². The van der Waals surface area contributed by atoms with E-state index in [1.807, 2.05) is 0 Å². The highest BCUT2D eigenvalue weighted by molar-refractivity contribution is 6.24. The van der Waals surface area contributed by atoms with Crippen molar-refractivity contribution < 1.29 is 0 Å². The van der Waals surface area contributed by atoms with Gasteiger partial charge in [-0.2, -0.15) is 0 Å². The first-order chi connectivity index (χ1) is 8.06. The molecule has 0 aromatic carbocycles. The van der Waals surface area contributed by atoms with Crippen LogP contribution in [0.4, 0.5) is 0 Å². The zero-order chi connectivity index (χ0) is 14.4. The largest absolute Gasteiger partial charge is 0.119 e. The lowest BCUT2D eigenvalue weighted by Crippen LogP contribution is -2.46. The Hall–Kier alpha value is 0.290. The van der Waals surface area contributed by atoms with Gasteiger partial charge in [0.15, 0.2) is 0 Å². The van der Waals surface area contributed by atoms with E-state index in [-0.39, 0.29) is 15.7 Å². The molecule has 1 atom stereocenters. The van der Waals surface area contributed by atoms with E-state index in [4.69, 9.17) is 11.6 Å². The van der Waals surface area contributed by atoms with Gasteiger partial charge in [-0.3, -0.25) is 0 Å². The van der Waals surface area contributed by atoms with Gasteiger partial charge in [-0.05, 0) is 31.1 Å². The number of alkyl halides is 1. The molecule has 0 radical (unpaired) electrons. The second kappa shape index (κ2) is 7.17. The van der Waals surface area contributed by atoms with Crippen LogP contribution in [0.1, 0.15) is 93.4 Å². The first-order valence-electron chi connectivity index (χ1n) is 7.75. The average molecular weight is 275 g/mol. The first kappa shape index (κ1) is 18.3. The summed E-state index contributed by atoms with van der Waals surface area (Å²) in [5.41, 5.74) is 0.438. The number of rotatable bonds is 8. The van der Waals surface area contributed by atoms with E-state index < -0.39 is 0 Å². The molecule has 0 fully saturated rings. The summed E-state index contributed by atoms with van der Waals surface area (Å²) in [6.07, 6.45) is 9.40. The van der Waals surface area contributed by atoms with Crippen LogP contribution in [0, 0.1) is 10.8 Å². The highest BCUT2D eigenvalue weighted by atomic mass is 35.5. The molecular weight excluding hydrogens is 240 g/mol. The fourth-order valence-electron chi connectivity index (χ4n) is 2.82. The Morgan fingerprint density at radius 1 is 0.722 bits per heavy atom. The molecule has 110 valence electrons. The van der Waals surface area contributed by atoms with Crippen molar-refractivity contribution in [2.75, 3.05) is 0 Å². The van der Waals surface area contributed by atoms with Gasteiger partial charge in [0, 0.05) is 4.87 Å². The number of halogens is 1. The number of hydrogen-bond acceptors (Lipinski definition) is 0. The van der Waals surface area contributed by atoms with E-state index in [9.17, 15) is 0 Å². The van der Waals surface area contributed by atoms with Crippen molar-refractivity contribution in [3.05, 3.63) is 0 Å². The van der Waals surface area contributed by atoms with Crippen molar-refractivity contribution in [3.8, 4) is 0 Å². The molecule has 0 aliphatic rings. The second-order valence-corrected chi connectivity index (χ2v) is 8.52. The molecule has 0 aliphatic carbocycles. The van der Waals surface area contributed by atoms with Gasteiger partial charge in [0.25, 0.3) is 0 Å². The molecule has 0 aliphatic heterocycles. The summed E-state index contributed by atoms with van der Waals surface area (Å²) in [7, 11) is 0. The van der Waals surface area contributed by atoms with Crippen LogP contribution in [0.25, 0.3) is 0 Å². The molecule has 0 N–H and O–H groups in total. The summed E-state index contributed by atoms with van der Waals surface area (Å²) in [4.78, 5) is -0.144. The van der Waals surface area contributed by atoms with Gasteiger partial charge in [0.1, 0.15) is 0 Å². The Bertz CT molecular complexity index is 203. The summed E-state index contributed by atoms with van der Waals surface area (Å²) in [6, 6.07) is 0. The quantitative estimate of drug-likeness (QED) is 0.337. The van der Waals surface area contributed by atoms with Gasteiger partial charge in [0.2, 0.25) is 0 Å². The van der Waals surface area contributed by atoms with Crippen molar-refractivity contribution in [1.82, 2.24) is 0 Å². The van der Waals surface area contributed by atoms with Gasteiger partial charge in [-0.25, -0.2) is 0 Å². The molecule has 0 aromatic heterocycles. The lowest BCUT2D eigenvalue weighted by molar-refractivity contribution is 0.0536. The van der Waals surface area contributed by atoms with Crippen molar-refractivity contribution in [2.45, 2.75) is 98.3 Å². The van der Waals surface area contributed by atoms with Crippen molar-refractivity contribution in [1.29, 1.82) is 0 Å². The molecule has 0 heterocycles. The Kier molecular flexibility index (Phi) is 7.29. The molecule has 0 aromatic rings. The minimum atomic E-state index is -0.144. The molecule has 0 saturated carbocycles. The molecule has 0 spiro atoms. The monoisotopic (exact) mass is 274 g/mol. The normalized spacial score (nSPS) is 16.7. The second-order valence-electron chi connectivity index (χ2n) is 7.57. The summed E-state index contributed by atoms with van der Waals surface area (Å²) in [6.45, 7) is 16.0. The standard InChI is InChI=1S/C17H35Cl/c1-8-9-10-11-12-13-14-17(7,15(2,3)4)16(5,6)18/h8-14H2,1-7H3. The minimum Gasteiger partial charge on any atom is -0.119 e. The predicted molar refractivity (Wildman–Crippen MR) is 85.5 cm³/mol. The van der Waals surface area contributed by atoms with Gasteiger partial charge >= 0.3 is 0 Å². The fraction of sp³-hybridized carbons (Fsp3) is 1.00. The maximum absolute atomic E-state index is 6.69. The van der Waals surface area contributed by atoms with Crippen molar-refractivity contribution in [2.24, 2.45) is 10.8 Å². The lowest BCUT2D eigenvalue weighted by Gasteiger charge is -2.50. The van der Waals surface area contributed by atoms with Crippen molar-refractivity contribution >= 4 is 11.6 Å². The molecule has 1 unspecified atom stereocenters. The van der Waals surface area contributed by atoms with Crippen molar-refractivity contribution in [3.63, 3.8) is 0 Å². The molecule has 0 nitrogen and oxygen atoms in total. The minimum absolute atomic E-state index is 0.144. The molecule has 0 saturated heterocycles. The summed E-state index contributed by atoms with van der Waals surface area (Å²) >= 11 is 6.69. The van der Waals surface area contributed by atoms with E-state index in [2.05, 4.69) is 48.5 Å². The molecule has 18 heavy (non-hydrogen) atoms. The Morgan fingerprint density at radius 2 is 1.17 bits per heavy atom. The lowest BCUT2D eigenvalue weighted by atomic mass is 9.59. The maximum atomic E-state index is 6.69. The zero-order valence-electron chi connectivity index (χ0n) is 13.8. The van der Waals surface area contributed by atoms with Crippen LogP contribution in [-0.2, 0) is 0 Å². The van der Waals surface area contributed by atoms with E-state index >= 15 is 0 Å². The summed E-state index contributed by atoms with van der Waals surface area (Å²) in [5.74, 6) is 0. The van der Waals surface area contributed by atoms with Gasteiger partial charge in [-0.15, -0.1) is 11.6 Å². The Labute approximate surface area is 121 Å². The third-order valence-electron chi connectivity index (χ3n) is 5.00. The first-order valence-corrected chi connectivity index (χ1v) is 8.13. The summed E-state index contributed by atoms with van der Waals surface area (Å²) in [5, 5.41) is 0. The van der Waals surface area contributed by atoms with Crippen LogP contribution in [0.3, 0.4) is 0 Å². The van der Waals surface area contributed by atoms with Crippen LogP contribution in [-0.4, -0.2) is 4.87 Å². The zero-order valence-corrected chi connectivity index (χ0v) is 14.6. The van der Waals surface area contributed by atoms with Gasteiger partial charge < -0.3 is 0 Å². The van der Waals surface area contributed by atoms with Crippen LogP contribution in [0.5, 0.6) is 0 Å². The molecular formula is C17H35Cl. The van der Waals surface area contributed by atoms with Crippen LogP contribution in [0.2, 0.25) is 0 Å². The van der Waals surface area contributed by atoms with E-state index in [0.717, 1.165) is 0 Å². The highest BCUT2D eigenvalue weighted by Crippen LogP contribution is 2.53. The summed E-state index contributed by atoms with van der Waals surface area (Å²) < 4.78 is 0. The van der Waals surface area contributed by atoms with Crippen LogP contribution in [0.15, 0.2) is 0 Å². The molecule has 1 heteroatoms. The number of hydrogen-bond donors (Lipinski definition) is 0. The maximum Gasteiger partial charge on any atom is 0.0449 e. The van der Waals surface area contributed by atoms with E-state index in [1.54, 1.807) is 0 Å².